The van der Waals surface area contributed by atoms with E-state index in [2.05, 4.69) is 27.9 Å². The molecule has 3 aromatic rings. The van der Waals surface area contributed by atoms with Gasteiger partial charge in [0.25, 0.3) is 0 Å². The van der Waals surface area contributed by atoms with Crippen molar-refractivity contribution in [2.75, 3.05) is 10.7 Å². The number of benzene rings is 2. The Morgan fingerprint density at radius 1 is 1.21 bits per heavy atom. The lowest BCUT2D eigenvalue weighted by molar-refractivity contribution is -0.116. The van der Waals surface area contributed by atoms with E-state index in [1.165, 1.54) is 11.8 Å². The Morgan fingerprint density at radius 3 is 2.79 bits per heavy atom. The fraction of sp³-hybridized carbons (Fsp3) is 0.250. The second kappa shape index (κ2) is 8.24. The summed E-state index contributed by atoms with van der Waals surface area (Å²) in [7, 11) is 0. The highest BCUT2D eigenvalue weighted by atomic mass is 35.5. The Balaban J connectivity index is 1.65. The largest absolute Gasteiger partial charge is 0.325 e. The van der Waals surface area contributed by atoms with Gasteiger partial charge in [-0.15, -0.1) is 10.2 Å². The lowest BCUT2D eigenvalue weighted by Gasteiger charge is -2.33. The van der Waals surface area contributed by atoms with Crippen molar-refractivity contribution in [1.29, 1.82) is 0 Å². The number of hydrogen-bond donors (Lipinski definition) is 2. The molecule has 1 amide bonds. The van der Waals surface area contributed by atoms with Gasteiger partial charge in [0.05, 0.1) is 6.04 Å². The van der Waals surface area contributed by atoms with Gasteiger partial charge in [0.15, 0.2) is 5.82 Å². The molecule has 144 valence electrons. The third-order valence-corrected chi connectivity index (χ3v) is 5.94. The van der Waals surface area contributed by atoms with Crippen LogP contribution >= 0.6 is 23.4 Å². The maximum atomic E-state index is 13.1. The molecule has 0 bridgehead atoms. The molecular formula is C20H20ClN5OS. The zero-order valence-corrected chi connectivity index (χ0v) is 16.9. The lowest BCUT2D eigenvalue weighted by atomic mass is 10.0. The quantitative estimate of drug-likeness (QED) is 0.653. The van der Waals surface area contributed by atoms with Gasteiger partial charge in [0, 0.05) is 17.1 Å². The molecule has 2 heterocycles. The number of nitrogens with one attached hydrogen (secondary N) is 2. The van der Waals surface area contributed by atoms with Crippen LogP contribution in [0.4, 0.5) is 5.69 Å². The van der Waals surface area contributed by atoms with E-state index in [9.17, 15) is 4.79 Å². The molecule has 0 unspecified atom stereocenters. The third-order valence-electron chi connectivity index (χ3n) is 4.49. The summed E-state index contributed by atoms with van der Waals surface area (Å²) in [5.41, 5.74) is 5.16. The number of thioether (sulfide) groups is 1. The van der Waals surface area contributed by atoms with Gasteiger partial charge in [-0.1, -0.05) is 66.7 Å². The normalized spacial score (nSPS) is 18.2. The number of anilines is 1. The molecule has 1 aromatic heterocycles. The molecule has 0 aliphatic carbocycles. The molecule has 2 atom stereocenters. The Kier molecular flexibility index (Phi) is 5.54. The summed E-state index contributed by atoms with van der Waals surface area (Å²) in [6.07, 6.45) is 1.79. The molecule has 2 N–H and O–H groups in total. The van der Waals surface area contributed by atoms with Crippen molar-refractivity contribution < 1.29 is 4.79 Å². The number of hydrogen-bond acceptors (Lipinski definition) is 5. The molecule has 1 aliphatic rings. The van der Waals surface area contributed by atoms with Crippen LogP contribution in [-0.4, -0.2) is 26.0 Å². The van der Waals surface area contributed by atoms with E-state index in [4.69, 9.17) is 11.6 Å². The summed E-state index contributed by atoms with van der Waals surface area (Å²) in [6, 6.07) is 16.9. The minimum absolute atomic E-state index is 0.111. The first-order chi connectivity index (χ1) is 13.7. The van der Waals surface area contributed by atoms with Crippen molar-refractivity contribution >= 4 is 35.0 Å². The van der Waals surface area contributed by atoms with Crippen molar-refractivity contribution in [3.63, 3.8) is 0 Å². The summed E-state index contributed by atoms with van der Waals surface area (Å²) < 4.78 is 1.91. The number of amides is 1. The number of carbonyl (C=O) groups is 1. The van der Waals surface area contributed by atoms with E-state index >= 15 is 0 Å². The SMILES string of the molecule is CCCc1nnc2n1N[C@@H](c1ccccc1)[C@@H](C(=O)Nc1cccc(Cl)c1)S2. The second-order valence-corrected chi connectivity index (χ2v) is 8.08. The molecule has 0 saturated carbocycles. The molecule has 6 nitrogen and oxygen atoms in total. The predicted octanol–water partition coefficient (Wildman–Crippen LogP) is 4.28. The number of aryl methyl sites for hydroxylation is 1. The number of fused-ring (bicyclic) bond motifs is 1. The smallest absolute Gasteiger partial charge is 0.240 e. The summed E-state index contributed by atoms with van der Waals surface area (Å²) in [5, 5.41) is 12.4. The summed E-state index contributed by atoms with van der Waals surface area (Å²) in [5.74, 6) is 0.763. The molecule has 4 rings (SSSR count). The van der Waals surface area contributed by atoms with Crippen molar-refractivity contribution in [2.24, 2.45) is 0 Å². The minimum Gasteiger partial charge on any atom is -0.325 e. The molecule has 0 fully saturated rings. The molecule has 8 heteroatoms. The van der Waals surface area contributed by atoms with Crippen LogP contribution in [-0.2, 0) is 11.2 Å². The zero-order valence-electron chi connectivity index (χ0n) is 15.3. The Morgan fingerprint density at radius 2 is 2.04 bits per heavy atom. The number of nitrogens with zero attached hydrogens (tertiary/aromatic N) is 3. The highest BCUT2D eigenvalue weighted by Crippen LogP contribution is 2.37. The maximum absolute atomic E-state index is 13.1. The molecule has 0 radical (unpaired) electrons. The van der Waals surface area contributed by atoms with E-state index in [-0.39, 0.29) is 11.9 Å². The maximum Gasteiger partial charge on any atom is 0.240 e. The number of rotatable bonds is 5. The molecule has 1 aliphatic heterocycles. The van der Waals surface area contributed by atoms with E-state index < -0.39 is 5.25 Å². The Bertz CT molecular complexity index is 978. The van der Waals surface area contributed by atoms with Gasteiger partial charge in [0.2, 0.25) is 11.1 Å². The molecular weight excluding hydrogens is 394 g/mol. The first-order valence-electron chi connectivity index (χ1n) is 9.14. The fourth-order valence-corrected chi connectivity index (χ4v) is 4.46. The monoisotopic (exact) mass is 413 g/mol. The predicted molar refractivity (Wildman–Crippen MR) is 112 cm³/mol. The first-order valence-corrected chi connectivity index (χ1v) is 10.4. The van der Waals surface area contributed by atoms with E-state index in [0.717, 1.165) is 24.2 Å². The highest BCUT2D eigenvalue weighted by molar-refractivity contribution is 8.00. The Hall–Kier alpha value is -2.51. The van der Waals surface area contributed by atoms with Gasteiger partial charge >= 0.3 is 0 Å². The van der Waals surface area contributed by atoms with Crippen LogP contribution in [0.2, 0.25) is 5.02 Å². The third kappa shape index (κ3) is 3.86. The average Bonchev–Trinajstić information content (AvgIpc) is 3.10. The van der Waals surface area contributed by atoms with Crippen molar-refractivity contribution in [2.45, 2.75) is 36.2 Å². The van der Waals surface area contributed by atoms with Crippen LogP contribution in [0.15, 0.2) is 59.8 Å². The van der Waals surface area contributed by atoms with E-state index in [0.29, 0.717) is 15.9 Å². The van der Waals surface area contributed by atoms with E-state index in [1.54, 1.807) is 12.1 Å². The minimum atomic E-state index is -0.410. The summed E-state index contributed by atoms with van der Waals surface area (Å²) in [4.78, 5) is 13.1. The summed E-state index contributed by atoms with van der Waals surface area (Å²) >= 11 is 7.47. The highest BCUT2D eigenvalue weighted by Gasteiger charge is 2.37. The lowest BCUT2D eigenvalue weighted by Crippen LogP contribution is -2.41. The van der Waals surface area contributed by atoms with Crippen molar-refractivity contribution in [3.8, 4) is 0 Å². The van der Waals surface area contributed by atoms with Crippen LogP contribution in [0.3, 0.4) is 0 Å². The standard InChI is InChI=1S/C20H20ClN5OS/c1-2-7-16-23-24-20-26(16)25-17(13-8-4-3-5-9-13)18(28-20)19(27)22-15-11-6-10-14(21)12-15/h3-6,8-12,17-18,25H,2,7H2,1H3,(H,22,27)/t17-,18-/m0/s1. The number of carbonyl (C=O) groups excluding carboxylic acids is 1. The Labute approximate surface area is 172 Å². The molecule has 2 aromatic carbocycles. The van der Waals surface area contributed by atoms with E-state index in [1.807, 2.05) is 47.1 Å². The molecule has 28 heavy (non-hydrogen) atoms. The van der Waals surface area contributed by atoms with Gasteiger partial charge < -0.3 is 10.7 Å². The van der Waals surface area contributed by atoms with Gasteiger partial charge in [-0.25, -0.2) is 4.68 Å². The zero-order chi connectivity index (χ0) is 19.5. The summed E-state index contributed by atoms with van der Waals surface area (Å²) in [6.45, 7) is 2.10. The first kappa shape index (κ1) is 18.8. The van der Waals surface area contributed by atoms with Crippen LogP contribution in [0.5, 0.6) is 0 Å². The number of aromatic nitrogens is 3. The van der Waals surface area contributed by atoms with Gasteiger partial charge in [0.1, 0.15) is 5.25 Å². The second-order valence-electron chi connectivity index (χ2n) is 6.54. The van der Waals surface area contributed by atoms with Crippen LogP contribution in [0.1, 0.15) is 30.8 Å². The van der Waals surface area contributed by atoms with Crippen molar-refractivity contribution in [3.05, 3.63) is 71.0 Å². The molecule has 0 saturated heterocycles. The van der Waals surface area contributed by atoms with Crippen LogP contribution in [0, 0.1) is 0 Å². The van der Waals surface area contributed by atoms with Crippen LogP contribution in [0.25, 0.3) is 0 Å². The topological polar surface area (TPSA) is 71.8 Å². The van der Waals surface area contributed by atoms with Crippen LogP contribution < -0.4 is 10.7 Å². The fourth-order valence-electron chi connectivity index (χ4n) is 3.17. The number of halogens is 1. The van der Waals surface area contributed by atoms with Gasteiger partial charge in [-0.3, -0.25) is 4.79 Å². The van der Waals surface area contributed by atoms with Gasteiger partial charge in [-0.2, -0.15) is 0 Å². The van der Waals surface area contributed by atoms with Gasteiger partial charge in [-0.05, 0) is 30.2 Å². The average molecular weight is 414 g/mol. The van der Waals surface area contributed by atoms with Crippen molar-refractivity contribution in [1.82, 2.24) is 14.9 Å². The molecule has 0 spiro atoms.